The first kappa shape index (κ1) is 17.1. The van der Waals surface area contributed by atoms with E-state index in [4.69, 9.17) is 11.6 Å². The average Bonchev–Trinajstić information content (AvgIpc) is 2.58. The molecule has 0 saturated heterocycles. The number of halogens is 1. The molecule has 2 aromatic rings. The minimum Gasteiger partial charge on any atom is -0.481 e. The lowest BCUT2D eigenvalue weighted by Crippen LogP contribution is -2.63. The summed E-state index contributed by atoms with van der Waals surface area (Å²) in [6.45, 7) is 2.33. The molecule has 1 unspecified atom stereocenters. The smallest absolute Gasteiger partial charge is 0.313 e. The Morgan fingerprint density at radius 2 is 2.00 bits per heavy atom. The van der Waals surface area contributed by atoms with E-state index >= 15 is 0 Å². The summed E-state index contributed by atoms with van der Waals surface area (Å²) in [4.78, 5) is 27.2. The van der Waals surface area contributed by atoms with Crippen molar-refractivity contribution in [2.24, 2.45) is 0 Å². The van der Waals surface area contributed by atoms with E-state index < -0.39 is 17.4 Å². The van der Waals surface area contributed by atoms with Crippen molar-refractivity contribution in [3.8, 4) is 0 Å². The zero-order valence-corrected chi connectivity index (χ0v) is 15.3. The van der Waals surface area contributed by atoms with Crippen LogP contribution < -0.4 is 0 Å². The van der Waals surface area contributed by atoms with Gasteiger partial charge in [-0.1, -0.05) is 41.9 Å². The van der Waals surface area contributed by atoms with Gasteiger partial charge in [0.2, 0.25) is 0 Å². The van der Waals surface area contributed by atoms with Gasteiger partial charge in [0.15, 0.2) is 0 Å². The quantitative estimate of drug-likeness (QED) is 0.872. The number of hydrogen-bond acceptors (Lipinski definition) is 2. The first-order valence-electron chi connectivity index (χ1n) is 8.83. The number of rotatable bonds is 3. The van der Waals surface area contributed by atoms with Crippen molar-refractivity contribution >= 4 is 23.5 Å². The number of hydrogen-bond donors (Lipinski definition) is 1. The minimum absolute atomic E-state index is 0.0783. The summed E-state index contributed by atoms with van der Waals surface area (Å²) >= 11 is 6.12. The van der Waals surface area contributed by atoms with Crippen molar-refractivity contribution in [2.75, 3.05) is 0 Å². The average molecular weight is 370 g/mol. The first-order chi connectivity index (χ1) is 12.4. The molecule has 0 bridgehead atoms. The topological polar surface area (TPSA) is 57.6 Å². The van der Waals surface area contributed by atoms with Gasteiger partial charge in [0, 0.05) is 17.1 Å². The van der Waals surface area contributed by atoms with Crippen molar-refractivity contribution in [3.05, 3.63) is 69.7 Å². The number of amides is 1. The molecule has 26 heavy (non-hydrogen) atoms. The number of carboxylic acid groups (broad SMARTS) is 1. The zero-order valence-electron chi connectivity index (χ0n) is 14.5. The maximum atomic E-state index is 13.3. The van der Waals surface area contributed by atoms with Crippen molar-refractivity contribution in [3.63, 3.8) is 0 Å². The number of aliphatic carboxylic acids is 1. The molecule has 1 heterocycles. The van der Waals surface area contributed by atoms with E-state index in [1.807, 2.05) is 31.2 Å². The molecular weight excluding hydrogens is 350 g/mol. The molecule has 5 heteroatoms. The molecule has 1 fully saturated rings. The highest BCUT2D eigenvalue weighted by Crippen LogP contribution is 2.52. The van der Waals surface area contributed by atoms with Crippen LogP contribution in [0.15, 0.2) is 42.5 Å². The molecular formula is C21H20ClNO3. The zero-order chi connectivity index (χ0) is 18.5. The summed E-state index contributed by atoms with van der Waals surface area (Å²) in [5.41, 5.74) is 2.43. The van der Waals surface area contributed by atoms with Crippen LogP contribution in [0.4, 0.5) is 0 Å². The predicted octanol–water partition coefficient (Wildman–Crippen LogP) is 4.40. The van der Waals surface area contributed by atoms with Crippen LogP contribution in [0.1, 0.15) is 52.2 Å². The fraction of sp³-hybridized carbons (Fsp3) is 0.333. The monoisotopic (exact) mass is 369 g/mol. The molecule has 1 saturated carbocycles. The SMILES string of the molecule is Cc1cc(CN2C(=O)c3ccccc3C(C(=O)O)C23CCC3)ccc1Cl. The van der Waals surface area contributed by atoms with Crippen molar-refractivity contribution in [2.45, 2.75) is 44.2 Å². The van der Waals surface area contributed by atoms with Gasteiger partial charge in [0.25, 0.3) is 5.91 Å². The second-order valence-corrected chi connectivity index (χ2v) is 7.70. The third kappa shape index (κ3) is 2.43. The third-order valence-corrected chi connectivity index (χ3v) is 6.28. The van der Waals surface area contributed by atoms with E-state index in [9.17, 15) is 14.7 Å². The fourth-order valence-electron chi connectivity index (χ4n) is 4.41. The molecule has 1 aliphatic heterocycles. The molecule has 0 aromatic heterocycles. The van der Waals surface area contributed by atoms with E-state index in [0.717, 1.165) is 30.4 Å². The van der Waals surface area contributed by atoms with E-state index in [-0.39, 0.29) is 5.91 Å². The van der Waals surface area contributed by atoms with Crippen LogP contribution in [-0.2, 0) is 11.3 Å². The standard InChI is InChI=1S/C21H20ClNO3/c1-13-11-14(7-8-17(13)22)12-23-19(24)16-6-3-2-5-15(16)18(20(25)26)21(23)9-4-10-21/h2-3,5-8,11,18H,4,9-10,12H2,1H3,(H,25,26). The summed E-state index contributed by atoms with van der Waals surface area (Å²) in [5, 5.41) is 10.7. The lowest BCUT2D eigenvalue weighted by atomic mass is 9.61. The van der Waals surface area contributed by atoms with Gasteiger partial charge in [0.1, 0.15) is 5.92 Å². The molecule has 2 aromatic carbocycles. The van der Waals surface area contributed by atoms with Gasteiger partial charge >= 0.3 is 5.97 Å². The fourth-order valence-corrected chi connectivity index (χ4v) is 4.53. The Morgan fingerprint density at radius 3 is 2.62 bits per heavy atom. The molecule has 0 radical (unpaired) electrons. The lowest BCUT2D eigenvalue weighted by molar-refractivity contribution is -0.145. The van der Waals surface area contributed by atoms with Crippen LogP contribution in [0, 0.1) is 6.92 Å². The van der Waals surface area contributed by atoms with Crippen LogP contribution in [0.25, 0.3) is 0 Å². The maximum absolute atomic E-state index is 13.3. The Labute approximate surface area is 157 Å². The van der Waals surface area contributed by atoms with Gasteiger partial charge in [-0.05, 0) is 55.0 Å². The lowest BCUT2D eigenvalue weighted by Gasteiger charge is -2.56. The van der Waals surface area contributed by atoms with Gasteiger partial charge < -0.3 is 10.0 Å². The molecule has 1 spiro atoms. The molecule has 1 atom stereocenters. The van der Waals surface area contributed by atoms with Gasteiger partial charge in [-0.15, -0.1) is 0 Å². The van der Waals surface area contributed by atoms with Crippen LogP contribution in [0.3, 0.4) is 0 Å². The minimum atomic E-state index is -0.859. The van der Waals surface area contributed by atoms with Crippen molar-refractivity contribution in [1.29, 1.82) is 0 Å². The Morgan fingerprint density at radius 1 is 1.27 bits per heavy atom. The largest absolute Gasteiger partial charge is 0.481 e. The molecule has 1 amide bonds. The number of benzene rings is 2. The second-order valence-electron chi connectivity index (χ2n) is 7.29. The summed E-state index contributed by atoms with van der Waals surface area (Å²) in [5.74, 6) is -1.62. The van der Waals surface area contributed by atoms with Crippen LogP contribution in [0.2, 0.25) is 5.02 Å². The molecule has 2 aliphatic rings. The van der Waals surface area contributed by atoms with E-state index in [0.29, 0.717) is 22.7 Å². The second kappa shape index (κ2) is 6.13. The summed E-state index contributed by atoms with van der Waals surface area (Å²) in [6.07, 6.45) is 2.38. The Kier molecular flexibility index (Phi) is 4.03. The van der Waals surface area contributed by atoms with Crippen LogP contribution in [0.5, 0.6) is 0 Å². The first-order valence-corrected chi connectivity index (χ1v) is 9.20. The number of fused-ring (bicyclic) bond motifs is 1. The van der Waals surface area contributed by atoms with Crippen LogP contribution in [-0.4, -0.2) is 27.4 Å². The highest BCUT2D eigenvalue weighted by Gasteiger charge is 2.57. The molecule has 4 nitrogen and oxygen atoms in total. The number of nitrogens with zero attached hydrogens (tertiary/aromatic N) is 1. The van der Waals surface area contributed by atoms with Crippen LogP contribution >= 0.6 is 11.6 Å². The summed E-state index contributed by atoms with van der Waals surface area (Å²) in [7, 11) is 0. The molecule has 134 valence electrons. The maximum Gasteiger partial charge on any atom is 0.313 e. The molecule has 1 N–H and O–H groups in total. The Bertz CT molecular complexity index is 904. The number of carbonyl (C=O) groups excluding carboxylic acids is 1. The molecule has 4 rings (SSSR count). The van der Waals surface area contributed by atoms with E-state index in [2.05, 4.69) is 0 Å². The Balaban J connectivity index is 1.81. The number of aryl methyl sites for hydroxylation is 1. The Hall–Kier alpha value is -2.33. The van der Waals surface area contributed by atoms with Gasteiger partial charge in [-0.25, -0.2) is 0 Å². The number of carboxylic acids is 1. The third-order valence-electron chi connectivity index (χ3n) is 5.85. The van der Waals surface area contributed by atoms with E-state index in [1.54, 1.807) is 23.1 Å². The van der Waals surface area contributed by atoms with E-state index in [1.165, 1.54) is 0 Å². The predicted molar refractivity (Wildman–Crippen MR) is 99.5 cm³/mol. The highest BCUT2D eigenvalue weighted by molar-refractivity contribution is 6.31. The highest BCUT2D eigenvalue weighted by atomic mass is 35.5. The van der Waals surface area contributed by atoms with Gasteiger partial charge in [0.05, 0.1) is 5.54 Å². The molecule has 1 aliphatic carbocycles. The van der Waals surface area contributed by atoms with Crippen molar-refractivity contribution in [1.82, 2.24) is 4.90 Å². The normalized spacial score (nSPS) is 20.6. The summed E-state index contributed by atoms with van der Waals surface area (Å²) in [6, 6.07) is 12.8. The number of carbonyl (C=O) groups is 2. The van der Waals surface area contributed by atoms with Crippen molar-refractivity contribution < 1.29 is 14.7 Å². The van der Waals surface area contributed by atoms with Gasteiger partial charge in [-0.2, -0.15) is 0 Å². The summed E-state index contributed by atoms with van der Waals surface area (Å²) < 4.78 is 0. The van der Waals surface area contributed by atoms with Gasteiger partial charge in [-0.3, -0.25) is 9.59 Å².